The van der Waals surface area contributed by atoms with Crippen LogP contribution in [0.15, 0.2) is 28.7 Å². The molecular formula is C11H13ClN4O2S2. The standard InChI is InChI=1S/C11H13ClN4O2S2/c1-2-8(11-14-3-4-19-11)16-20(17,18)9-5-7(12)6-15-10(9)13/h3-6,8,16H,2H2,1H3,(H2,13,15)/t8-/m1/s1. The second-order valence-electron chi connectivity index (χ2n) is 3.99. The Morgan fingerprint density at radius 2 is 2.25 bits per heavy atom. The van der Waals surface area contributed by atoms with Crippen LogP contribution in [0.25, 0.3) is 0 Å². The molecule has 6 nitrogen and oxygen atoms in total. The lowest BCUT2D eigenvalue weighted by Crippen LogP contribution is -2.29. The molecule has 2 aromatic heterocycles. The van der Waals surface area contributed by atoms with E-state index in [0.29, 0.717) is 11.4 Å². The number of thiazole rings is 1. The molecule has 0 aliphatic heterocycles. The Hall–Kier alpha value is -1.22. The first-order valence-electron chi connectivity index (χ1n) is 5.76. The normalized spacial score (nSPS) is 13.3. The zero-order valence-electron chi connectivity index (χ0n) is 10.6. The van der Waals surface area contributed by atoms with Crippen LogP contribution in [0, 0.1) is 0 Å². The van der Waals surface area contributed by atoms with E-state index in [1.165, 1.54) is 23.6 Å². The highest BCUT2D eigenvalue weighted by Crippen LogP contribution is 2.25. The summed E-state index contributed by atoms with van der Waals surface area (Å²) in [6.07, 6.45) is 3.50. The van der Waals surface area contributed by atoms with Crippen LogP contribution in [0.5, 0.6) is 0 Å². The predicted octanol–water partition coefficient (Wildman–Crippen LogP) is 2.20. The number of pyridine rings is 1. The van der Waals surface area contributed by atoms with Crippen LogP contribution in [-0.2, 0) is 10.0 Å². The SMILES string of the molecule is CC[C@@H](NS(=O)(=O)c1cc(Cl)cnc1N)c1nccs1. The van der Waals surface area contributed by atoms with Gasteiger partial charge in [0.25, 0.3) is 0 Å². The number of sulfonamides is 1. The highest BCUT2D eigenvalue weighted by Gasteiger charge is 2.24. The lowest BCUT2D eigenvalue weighted by molar-refractivity contribution is 0.549. The van der Waals surface area contributed by atoms with Gasteiger partial charge in [0.1, 0.15) is 15.7 Å². The highest BCUT2D eigenvalue weighted by atomic mass is 35.5. The van der Waals surface area contributed by atoms with Crippen molar-refractivity contribution in [3.8, 4) is 0 Å². The fourth-order valence-electron chi connectivity index (χ4n) is 1.61. The fraction of sp³-hybridized carbons (Fsp3) is 0.273. The minimum Gasteiger partial charge on any atom is -0.383 e. The van der Waals surface area contributed by atoms with E-state index in [2.05, 4.69) is 14.7 Å². The molecule has 20 heavy (non-hydrogen) atoms. The van der Waals surface area contributed by atoms with Gasteiger partial charge in [0.15, 0.2) is 0 Å². The molecule has 0 amide bonds. The maximum atomic E-state index is 12.4. The van der Waals surface area contributed by atoms with Crippen molar-refractivity contribution in [2.45, 2.75) is 24.3 Å². The number of hydrogen-bond acceptors (Lipinski definition) is 6. The molecule has 2 heterocycles. The number of nitrogens with one attached hydrogen (secondary N) is 1. The smallest absolute Gasteiger partial charge is 0.244 e. The second-order valence-corrected chi connectivity index (χ2v) is 7.03. The summed E-state index contributed by atoms with van der Waals surface area (Å²) in [5, 5.41) is 2.70. The molecule has 0 spiro atoms. The minimum absolute atomic E-state index is 0.0871. The van der Waals surface area contributed by atoms with Crippen molar-refractivity contribution < 1.29 is 8.42 Å². The summed E-state index contributed by atoms with van der Waals surface area (Å²) in [7, 11) is -3.81. The largest absolute Gasteiger partial charge is 0.383 e. The Balaban J connectivity index is 2.33. The Kier molecular flexibility index (Phi) is 4.59. The molecule has 0 fully saturated rings. The van der Waals surface area contributed by atoms with Gasteiger partial charge < -0.3 is 5.73 Å². The van der Waals surface area contributed by atoms with Gasteiger partial charge >= 0.3 is 0 Å². The molecule has 3 N–H and O–H groups in total. The Morgan fingerprint density at radius 1 is 1.50 bits per heavy atom. The molecule has 0 saturated carbocycles. The third-order valence-electron chi connectivity index (χ3n) is 2.59. The van der Waals surface area contributed by atoms with Gasteiger partial charge in [-0.2, -0.15) is 0 Å². The van der Waals surface area contributed by atoms with Gasteiger partial charge in [-0.1, -0.05) is 18.5 Å². The van der Waals surface area contributed by atoms with Crippen LogP contribution in [0.1, 0.15) is 24.4 Å². The van der Waals surface area contributed by atoms with Gasteiger partial charge in [0.05, 0.1) is 11.1 Å². The van der Waals surface area contributed by atoms with E-state index < -0.39 is 16.1 Å². The zero-order valence-corrected chi connectivity index (χ0v) is 13.0. The van der Waals surface area contributed by atoms with E-state index in [4.69, 9.17) is 17.3 Å². The minimum atomic E-state index is -3.81. The quantitative estimate of drug-likeness (QED) is 0.874. The lowest BCUT2D eigenvalue weighted by Gasteiger charge is -2.15. The molecule has 0 aliphatic carbocycles. The molecule has 0 saturated heterocycles. The number of anilines is 1. The van der Waals surface area contributed by atoms with E-state index in [0.717, 1.165) is 0 Å². The van der Waals surface area contributed by atoms with Crippen molar-refractivity contribution in [2.24, 2.45) is 0 Å². The van der Waals surface area contributed by atoms with Gasteiger partial charge in [-0.15, -0.1) is 11.3 Å². The molecule has 0 aromatic carbocycles. The maximum absolute atomic E-state index is 12.4. The van der Waals surface area contributed by atoms with Gasteiger partial charge in [-0.05, 0) is 12.5 Å². The Bertz CT molecular complexity index is 688. The van der Waals surface area contributed by atoms with E-state index in [9.17, 15) is 8.42 Å². The molecule has 9 heteroatoms. The fourth-order valence-corrected chi connectivity index (χ4v) is 4.07. The molecule has 0 aliphatic rings. The average molecular weight is 333 g/mol. The highest BCUT2D eigenvalue weighted by molar-refractivity contribution is 7.89. The van der Waals surface area contributed by atoms with Gasteiger partial charge in [-0.25, -0.2) is 23.1 Å². The monoisotopic (exact) mass is 332 g/mol. The number of halogens is 1. The first kappa shape index (κ1) is 15.2. The predicted molar refractivity (Wildman–Crippen MR) is 79.1 cm³/mol. The Morgan fingerprint density at radius 3 is 2.85 bits per heavy atom. The first-order valence-corrected chi connectivity index (χ1v) is 8.51. The molecule has 0 radical (unpaired) electrons. The van der Waals surface area contributed by atoms with Crippen molar-refractivity contribution >= 4 is 38.8 Å². The molecule has 108 valence electrons. The van der Waals surface area contributed by atoms with Gasteiger partial charge in [-0.3, -0.25) is 0 Å². The molecule has 1 atom stereocenters. The third-order valence-corrected chi connectivity index (χ3v) is 5.19. The van der Waals surface area contributed by atoms with Crippen LogP contribution in [0.3, 0.4) is 0 Å². The van der Waals surface area contributed by atoms with Crippen LogP contribution >= 0.6 is 22.9 Å². The molecule has 0 bridgehead atoms. The molecule has 2 rings (SSSR count). The van der Waals surface area contributed by atoms with Crippen LogP contribution in [-0.4, -0.2) is 18.4 Å². The van der Waals surface area contributed by atoms with Crippen molar-refractivity contribution in [2.75, 3.05) is 5.73 Å². The number of nitrogens with two attached hydrogens (primary N) is 1. The summed E-state index contributed by atoms with van der Waals surface area (Å²) >= 11 is 7.16. The second kappa shape index (κ2) is 6.04. The molecule has 2 aromatic rings. The number of hydrogen-bond donors (Lipinski definition) is 2. The summed E-state index contributed by atoms with van der Waals surface area (Å²) in [6.45, 7) is 1.87. The number of rotatable bonds is 5. The van der Waals surface area contributed by atoms with Crippen LogP contribution in [0.4, 0.5) is 5.82 Å². The van der Waals surface area contributed by atoms with Crippen molar-refractivity contribution in [1.29, 1.82) is 0 Å². The number of aromatic nitrogens is 2. The van der Waals surface area contributed by atoms with Crippen molar-refractivity contribution in [3.05, 3.63) is 33.9 Å². The van der Waals surface area contributed by atoms with Gasteiger partial charge in [0, 0.05) is 17.8 Å². The number of nitrogen functional groups attached to an aromatic ring is 1. The summed E-state index contributed by atoms with van der Waals surface area (Å²) in [4.78, 5) is 7.75. The third kappa shape index (κ3) is 3.26. The molecule has 0 unspecified atom stereocenters. The topological polar surface area (TPSA) is 98.0 Å². The van der Waals surface area contributed by atoms with E-state index in [1.54, 1.807) is 11.6 Å². The molecular weight excluding hydrogens is 320 g/mol. The first-order chi connectivity index (χ1) is 9.44. The van der Waals surface area contributed by atoms with E-state index in [-0.39, 0.29) is 15.7 Å². The summed E-state index contributed by atoms with van der Waals surface area (Å²) in [5.41, 5.74) is 5.61. The lowest BCUT2D eigenvalue weighted by atomic mass is 10.3. The van der Waals surface area contributed by atoms with E-state index in [1.807, 2.05) is 6.92 Å². The zero-order chi connectivity index (χ0) is 14.8. The van der Waals surface area contributed by atoms with Crippen molar-refractivity contribution in [1.82, 2.24) is 14.7 Å². The van der Waals surface area contributed by atoms with Crippen molar-refractivity contribution in [3.63, 3.8) is 0 Å². The van der Waals surface area contributed by atoms with E-state index >= 15 is 0 Å². The summed E-state index contributed by atoms with van der Waals surface area (Å²) in [5.74, 6) is -0.0871. The van der Waals surface area contributed by atoms with Gasteiger partial charge in [0.2, 0.25) is 10.0 Å². The van der Waals surface area contributed by atoms with Crippen LogP contribution in [0.2, 0.25) is 5.02 Å². The Labute approximate surface area is 126 Å². The maximum Gasteiger partial charge on any atom is 0.244 e. The summed E-state index contributed by atoms with van der Waals surface area (Å²) < 4.78 is 27.3. The van der Waals surface area contributed by atoms with Crippen LogP contribution < -0.4 is 10.5 Å². The number of nitrogens with zero attached hydrogens (tertiary/aromatic N) is 2. The average Bonchev–Trinajstić information content (AvgIpc) is 2.92. The summed E-state index contributed by atoms with van der Waals surface area (Å²) in [6, 6.07) is 0.874.